The van der Waals surface area contributed by atoms with Crippen LogP contribution < -0.4 is 5.32 Å². The van der Waals surface area contributed by atoms with E-state index >= 15 is 0 Å². The second-order valence-electron chi connectivity index (χ2n) is 6.65. The Morgan fingerprint density at radius 2 is 1.92 bits per heavy atom. The molecule has 2 aromatic rings. The van der Waals surface area contributed by atoms with Crippen LogP contribution in [-0.4, -0.2) is 32.6 Å². The molecule has 1 aromatic heterocycles. The molecule has 3 N–H and O–H groups in total. The number of aryl methyl sites for hydroxylation is 1. The Morgan fingerprint density at radius 3 is 2.50 bits per heavy atom. The predicted molar refractivity (Wildman–Crippen MR) is 90.8 cm³/mol. The van der Waals surface area contributed by atoms with Gasteiger partial charge < -0.3 is 15.5 Å². The van der Waals surface area contributed by atoms with Crippen LogP contribution >= 0.6 is 0 Å². The zero-order valence-electron chi connectivity index (χ0n) is 14.2. The highest BCUT2D eigenvalue weighted by Gasteiger charge is 2.32. The minimum atomic E-state index is -4.52. The van der Waals surface area contributed by atoms with Gasteiger partial charge in [-0.3, -0.25) is 0 Å². The van der Waals surface area contributed by atoms with E-state index in [1.54, 1.807) is 12.1 Å². The fourth-order valence-electron chi connectivity index (χ4n) is 3.31. The lowest BCUT2D eigenvalue weighted by Crippen LogP contribution is -2.30. The van der Waals surface area contributed by atoms with Gasteiger partial charge in [0.15, 0.2) is 0 Å². The lowest BCUT2D eigenvalue weighted by Gasteiger charge is -2.26. The molecule has 5 nitrogen and oxygen atoms in total. The first kappa shape index (κ1) is 18.4. The van der Waals surface area contributed by atoms with E-state index in [2.05, 4.69) is 15.5 Å². The molecule has 0 amide bonds. The summed E-state index contributed by atoms with van der Waals surface area (Å²) in [7, 11) is 0. The first-order valence-electron chi connectivity index (χ1n) is 8.43. The number of phenols is 1. The number of benzene rings is 1. The highest BCUT2D eigenvalue weighted by atomic mass is 19.4. The molecule has 2 atom stereocenters. The monoisotopic (exact) mass is 367 g/mol. The first-order chi connectivity index (χ1) is 12.2. The molecule has 3 rings (SSSR count). The Hall–Kier alpha value is -2.35. The summed E-state index contributed by atoms with van der Waals surface area (Å²) >= 11 is 0. The molecule has 1 aliphatic rings. The third kappa shape index (κ3) is 4.07. The molecule has 1 saturated carbocycles. The zero-order valence-corrected chi connectivity index (χ0v) is 14.2. The zero-order chi connectivity index (χ0) is 18.9. The largest absolute Gasteiger partial charge is 0.507 e. The van der Waals surface area contributed by atoms with Gasteiger partial charge in [-0.05, 0) is 62.4 Å². The SMILES string of the molecule is Cc1cc(C(F)(F)F)cc(O)c1-c1ccc(N[C@H]2CCC[C@@H](O)C2)nn1. The van der Waals surface area contributed by atoms with Gasteiger partial charge in [0.25, 0.3) is 0 Å². The molecule has 1 heterocycles. The molecular formula is C18H20F3N3O2. The van der Waals surface area contributed by atoms with Gasteiger partial charge in [-0.2, -0.15) is 13.2 Å². The third-order valence-corrected chi connectivity index (χ3v) is 4.56. The first-order valence-corrected chi connectivity index (χ1v) is 8.43. The van der Waals surface area contributed by atoms with Crippen LogP contribution in [0.5, 0.6) is 5.75 Å². The summed E-state index contributed by atoms with van der Waals surface area (Å²) in [5.74, 6) is 0.0413. The van der Waals surface area contributed by atoms with Gasteiger partial charge in [0.2, 0.25) is 0 Å². The normalized spacial score (nSPS) is 20.8. The summed E-state index contributed by atoms with van der Waals surface area (Å²) in [5, 5.41) is 31.0. The summed E-state index contributed by atoms with van der Waals surface area (Å²) in [5.41, 5.74) is -0.116. The molecule has 0 aliphatic heterocycles. The number of aromatic hydroxyl groups is 1. The molecule has 0 spiro atoms. The van der Waals surface area contributed by atoms with Crippen molar-refractivity contribution in [2.24, 2.45) is 0 Å². The molecule has 0 saturated heterocycles. The number of aliphatic hydroxyl groups excluding tert-OH is 1. The Balaban J connectivity index is 1.80. The van der Waals surface area contributed by atoms with E-state index in [1.165, 1.54) is 6.92 Å². The molecule has 1 aliphatic carbocycles. The smallest absolute Gasteiger partial charge is 0.416 e. The topological polar surface area (TPSA) is 78.3 Å². The van der Waals surface area contributed by atoms with Crippen molar-refractivity contribution in [3.63, 3.8) is 0 Å². The quantitative estimate of drug-likeness (QED) is 0.767. The van der Waals surface area contributed by atoms with E-state index < -0.39 is 17.5 Å². The van der Waals surface area contributed by atoms with Crippen LogP contribution in [0.2, 0.25) is 0 Å². The third-order valence-electron chi connectivity index (χ3n) is 4.56. The van der Waals surface area contributed by atoms with Crippen molar-refractivity contribution < 1.29 is 23.4 Å². The number of aromatic nitrogens is 2. The van der Waals surface area contributed by atoms with Crippen molar-refractivity contribution >= 4 is 5.82 Å². The number of phenolic OH excluding ortho intramolecular Hbond substituents is 1. The highest BCUT2D eigenvalue weighted by molar-refractivity contribution is 5.71. The number of nitrogens with one attached hydrogen (secondary N) is 1. The fourth-order valence-corrected chi connectivity index (χ4v) is 3.31. The minimum Gasteiger partial charge on any atom is -0.507 e. The Labute approximate surface area is 148 Å². The van der Waals surface area contributed by atoms with Crippen molar-refractivity contribution in [1.29, 1.82) is 0 Å². The maximum Gasteiger partial charge on any atom is 0.416 e. The van der Waals surface area contributed by atoms with Gasteiger partial charge in [0.1, 0.15) is 11.6 Å². The molecular weight excluding hydrogens is 347 g/mol. The van der Waals surface area contributed by atoms with E-state index in [1.807, 2.05) is 0 Å². The maximum atomic E-state index is 12.8. The number of anilines is 1. The van der Waals surface area contributed by atoms with Crippen LogP contribution in [-0.2, 0) is 6.18 Å². The van der Waals surface area contributed by atoms with Crippen LogP contribution in [0.15, 0.2) is 24.3 Å². The van der Waals surface area contributed by atoms with E-state index in [-0.39, 0.29) is 23.3 Å². The van der Waals surface area contributed by atoms with Gasteiger partial charge in [-0.15, -0.1) is 10.2 Å². The van der Waals surface area contributed by atoms with E-state index in [0.717, 1.165) is 25.3 Å². The van der Waals surface area contributed by atoms with Crippen LogP contribution in [0.25, 0.3) is 11.3 Å². The summed E-state index contributed by atoms with van der Waals surface area (Å²) < 4.78 is 38.5. The van der Waals surface area contributed by atoms with Crippen molar-refractivity contribution in [2.45, 2.75) is 50.9 Å². The Bertz CT molecular complexity index is 755. The molecule has 26 heavy (non-hydrogen) atoms. The summed E-state index contributed by atoms with van der Waals surface area (Å²) in [6.07, 6.45) is -1.54. The molecule has 0 bridgehead atoms. The number of halogens is 3. The van der Waals surface area contributed by atoms with Crippen molar-refractivity contribution in [3.8, 4) is 17.0 Å². The van der Waals surface area contributed by atoms with E-state index in [9.17, 15) is 23.4 Å². The summed E-state index contributed by atoms with van der Waals surface area (Å²) in [4.78, 5) is 0. The van der Waals surface area contributed by atoms with Crippen molar-refractivity contribution in [2.75, 3.05) is 5.32 Å². The molecule has 1 aromatic carbocycles. The van der Waals surface area contributed by atoms with Crippen LogP contribution in [0.3, 0.4) is 0 Å². The lowest BCUT2D eigenvalue weighted by molar-refractivity contribution is -0.137. The number of aliphatic hydroxyl groups is 1. The van der Waals surface area contributed by atoms with Crippen molar-refractivity contribution in [1.82, 2.24) is 10.2 Å². The second-order valence-corrected chi connectivity index (χ2v) is 6.65. The molecule has 0 unspecified atom stereocenters. The van der Waals surface area contributed by atoms with Crippen LogP contribution in [0, 0.1) is 6.92 Å². The summed E-state index contributed by atoms with van der Waals surface area (Å²) in [6, 6.07) is 5.05. The number of rotatable bonds is 3. The number of alkyl halides is 3. The number of hydrogen-bond acceptors (Lipinski definition) is 5. The van der Waals surface area contributed by atoms with Crippen LogP contribution in [0.1, 0.15) is 36.8 Å². The molecule has 0 radical (unpaired) electrons. The molecule has 140 valence electrons. The second kappa shape index (κ2) is 7.11. The van der Waals surface area contributed by atoms with Gasteiger partial charge in [0.05, 0.1) is 17.4 Å². The standard InChI is InChI=1S/C18H20F3N3O2/c1-10-7-11(18(19,20)21)8-15(26)17(10)14-5-6-16(24-23-14)22-12-3-2-4-13(25)9-12/h5-8,12-13,25-26H,2-4,9H2,1H3,(H,22,24)/t12-,13+/m0/s1. The molecule has 8 heteroatoms. The summed E-state index contributed by atoms with van der Waals surface area (Å²) in [6.45, 7) is 1.49. The number of nitrogens with zero attached hydrogens (tertiary/aromatic N) is 2. The number of hydrogen-bond donors (Lipinski definition) is 3. The van der Waals surface area contributed by atoms with Crippen LogP contribution in [0.4, 0.5) is 19.0 Å². The average Bonchev–Trinajstić information content (AvgIpc) is 2.55. The lowest BCUT2D eigenvalue weighted by atomic mass is 9.93. The van der Waals surface area contributed by atoms with Gasteiger partial charge in [0, 0.05) is 11.6 Å². The minimum absolute atomic E-state index is 0.111. The fraction of sp³-hybridized carbons (Fsp3) is 0.444. The highest BCUT2D eigenvalue weighted by Crippen LogP contribution is 2.38. The van der Waals surface area contributed by atoms with Crippen molar-refractivity contribution in [3.05, 3.63) is 35.4 Å². The van der Waals surface area contributed by atoms with E-state index in [4.69, 9.17) is 0 Å². The Morgan fingerprint density at radius 1 is 1.15 bits per heavy atom. The van der Waals surface area contributed by atoms with E-state index in [0.29, 0.717) is 24.0 Å². The Kier molecular flexibility index (Phi) is 5.04. The van der Waals surface area contributed by atoms with Gasteiger partial charge in [-0.1, -0.05) is 0 Å². The predicted octanol–water partition coefficient (Wildman–Crippen LogP) is 3.89. The molecule has 1 fully saturated rings. The van der Waals surface area contributed by atoms with Gasteiger partial charge >= 0.3 is 6.18 Å². The maximum absolute atomic E-state index is 12.8. The van der Waals surface area contributed by atoms with Gasteiger partial charge in [-0.25, -0.2) is 0 Å². The average molecular weight is 367 g/mol.